The zero-order chi connectivity index (χ0) is 13.4. The fourth-order valence-corrected chi connectivity index (χ4v) is 4.19. The Bertz CT molecular complexity index is 393. The molecule has 3 unspecified atom stereocenters. The molecule has 2 nitrogen and oxygen atoms in total. The number of carbonyl (C=O) groups excluding carboxylic acids is 1. The van der Waals surface area contributed by atoms with Crippen LogP contribution in [0.25, 0.3) is 0 Å². The van der Waals surface area contributed by atoms with Gasteiger partial charge >= 0.3 is 0 Å². The van der Waals surface area contributed by atoms with Crippen LogP contribution in [0.15, 0.2) is 11.7 Å². The van der Waals surface area contributed by atoms with Crippen molar-refractivity contribution in [1.82, 2.24) is 4.90 Å². The second kappa shape index (κ2) is 5.22. The van der Waals surface area contributed by atoms with Gasteiger partial charge in [-0.25, -0.2) is 0 Å². The molecule has 2 saturated carbocycles. The van der Waals surface area contributed by atoms with Gasteiger partial charge in [-0.3, -0.25) is 4.79 Å². The van der Waals surface area contributed by atoms with Gasteiger partial charge in [0.25, 0.3) is 6.08 Å². The molecule has 3 atom stereocenters. The van der Waals surface area contributed by atoms with E-state index in [9.17, 15) is 13.6 Å². The highest BCUT2D eigenvalue weighted by Crippen LogP contribution is 2.49. The van der Waals surface area contributed by atoms with Crippen LogP contribution in [-0.4, -0.2) is 23.9 Å². The van der Waals surface area contributed by atoms with Crippen LogP contribution in [0.1, 0.15) is 44.9 Å². The summed E-state index contributed by atoms with van der Waals surface area (Å²) in [6.07, 6.45) is 4.99. The first-order valence-electron chi connectivity index (χ1n) is 7.44. The molecule has 0 aromatic heterocycles. The van der Waals surface area contributed by atoms with E-state index in [0.717, 1.165) is 11.8 Å². The van der Waals surface area contributed by atoms with Gasteiger partial charge < -0.3 is 4.90 Å². The second-order valence-electron chi connectivity index (χ2n) is 6.38. The SMILES string of the molecule is O=C(CC1CC2CCC1C2)N1CCC(=C(F)F)CC1. The van der Waals surface area contributed by atoms with Crippen LogP contribution in [0.2, 0.25) is 0 Å². The first-order valence-corrected chi connectivity index (χ1v) is 7.44. The van der Waals surface area contributed by atoms with Crippen LogP contribution in [0.5, 0.6) is 0 Å². The van der Waals surface area contributed by atoms with E-state index in [4.69, 9.17) is 0 Å². The third kappa shape index (κ3) is 2.67. The zero-order valence-electron chi connectivity index (χ0n) is 11.2. The van der Waals surface area contributed by atoms with E-state index in [1.807, 2.05) is 0 Å². The van der Waals surface area contributed by atoms with Crippen molar-refractivity contribution in [3.05, 3.63) is 11.7 Å². The number of piperidine rings is 1. The summed E-state index contributed by atoms with van der Waals surface area (Å²) in [5, 5.41) is 0. The third-order valence-electron chi connectivity index (χ3n) is 5.31. The highest BCUT2D eigenvalue weighted by molar-refractivity contribution is 5.76. The number of amides is 1. The molecule has 0 spiro atoms. The number of hydrogen-bond acceptors (Lipinski definition) is 1. The largest absolute Gasteiger partial charge is 0.342 e. The average Bonchev–Trinajstić information content (AvgIpc) is 3.01. The first-order chi connectivity index (χ1) is 9.13. The maximum absolute atomic E-state index is 12.5. The molecule has 19 heavy (non-hydrogen) atoms. The van der Waals surface area contributed by atoms with Gasteiger partial charge in [0.1, 0.15) is 0 Å². The van der Waals surface area contributed by atoms with E-state index in [2.05, 4.69) is 0 Å². The van der Waals surface area contributed by atoms with E-state index in [-0.39, 0.29) is 11.5 Å². The van der Waals surface area contributed by atoms with Gasteiger partial charge in [-0.2, -0.15) is 8.78 Å². The molecule has 1 saturated heterocycles. The lowest BCUT2D eigenvalue weighted by atomic mass is 9.86. The third-order valence-corrected chi connectivity index (χ3v) is 5.31. The number of likely N-dealkylation sites (tertiary alicyclic amines) is 1. The molecule has 0 N–H and O–H groups in total. The summed E-state index contributed by atoms with van der Waals surface area (Å²) in [5.41, 5.74) is 0.240. The number of fused-ring (bicyclic) bond motifs is 2. The standard InChI is InChI=1S/C15H21F2NO/c16-15(17)11-3-5-18(6-4-11)14(19)9-13-8-10-1-2-12(13)7-10/h10,12-13H,1-9H2. The predicted molar refractivity (Wildman–Crippen MR) is 68.6 cm³/mol. The van der Waals surface area contributed by atoms with Crippen LogP contribution < -0.4 is 0 Å². The molecule has 3 fully saturated rings. The van der Waals surface area contributed by atoms with Crippen molar-refractivity contribution in [2.24, 2.45) is 17.8 Å². The lowest BCUT2D eigenvalue weighted by Gasteiger charge is -2.30. The topological polar surface area (TPSA) is 20.3 Å². The van der Waals surface area contributed by atoms with Gasteiger partial charge in [0.05, 0.1) is 0 Å². The van der Waals surface area contributed by atoms with Gasteiger partial charge in [-0.05, 0) is 55.4 Å². The Hall–Kier alpha value is -0.930. The molecule has 1 amide bonds. The minimum Gasteiger partial charge on any atom is -0.342 e. The van der Waals surface area contributed by atoms with Crippen molar-refractivity contribution in [3.8, 4) is 0 Å². The smallest absolute Gasteiger partial charge is 0.269 e. The van der Waals surface area contributed by atoms with Crippen molar-refractivity contribution >= 4 is 5.91 Å². The van der Waals surface area contributed by atoms with Crippen LogP contribution in [0.4, 0.5) is 8.78 Å². The highest BCUT2D eigenvalue weighted by atomic mass is 19.3. The Morgan fingerprint density at radius 3 is 2.42 bits per heavy atom. The Labute approximate surface area is 112 Å². The molecule has 3 aliphatic rings. The van der Waals surface area contributed by atoms with Crippen LogP contribution in [0.3, 0.4) is 0 Å². The van der Waals surface area contributed by atoms with Gasteiger partial charge in [0, 0.05) is 19.5 Å². The molecule has 2 aliphatic carbocycles. The first kappa shape index (κ1) is 13.1. The minimum absolute atomic E-state index is 0.191. The fourth-order valence-electron chi connectivity index (χ4n) is 4.19. The Kier molecular flexibility index (Phi) is 3.59. The van der Waals surface area contributed by atoms with Crippen LogP contribution in [0, 0.1) is 17.8 Å². The minimum atomic E-state index is -1.54. The summed E-state index contributed by atoms with van der Waals surface area (Å²) >= 11 is 0. The van der Waals surface area contributed by atoms with E-state index >= 15 is 0 Å². The molecule has 0 aromatic rings. The van der Waals surface area contributed by atoms with E-state index in [1.165, 1.54) is 25.7 Å². The maximum Gasteiger partial charge on any atom is 0.269 e. The average molecular weight is 269 g/mol. The van der Waals surface area contributed by atoms with Gasteiger partial charge in [-0.1, -0.05) is 6.42 Å². The van der Waals surface area contributed by atoms with Gasteiger partial charge in [0.15, 0.2) is 0 Å². The zero-order valence-corrected chi connectivity index (χ0v) is 11.2. The summed E-state index contributed by atoms with van der Waals surface area (Å²) in [5.74, 6) is 2.38. The molecule has 0 radical (unpaired) electrons. The summed E-state index contributed by atoms with van der Waals surface area (Å²) in [6, 6.07) is 0. The molecule has 0 aromatic carbocycles. The Balaban J connectivity index is 1.50. The van der Waals surface area contributed by atoms with Crippen LogP contribution in [-0.2, 0) is 4.79 Å². The molecule has 3 rings (SSSR count). The second-order valence-corrected chi connectivity index (χ2v) is 6.38. The van der Waals surface area contributed by atoms with Crippen molar-refractivity contribution in [2.45, 2.75) is 44.9 Å². The monoisotopic (exact) mass is 269 g/mol. The number of carbonyl (C=O) groups is 1. The van der Waals surface area contributed by atoms with E-state index in [1.54, 1.807) is 4.90 Å². The van der Waals surface area contributed by atoms with Crippen molar-refractivity contribution in [2.75, 3.05) is 13.1 Å². The summed E-state index contributed by atoms with van der Waals surface area (Å²) in [7, 11) is 0. The molecular formula is C15H21F2NO. The molecule has 1 heterocycles. The van der Waals surface area contributed by atoms with E-state index < -0.39 is 6.08 Å². The lowest BCUT2D eigenvalue weighted by molar-refractivity contribution is -0.133. The molecule has 106 valence electrons. The quantitative estimate of drug-likeness (QED) is 0.750. The lowest BCUT2D eigenvalue weighted by Crippen LogP contribution is -2.37. The highest BCUT2D eigenvalue weighted by Gasteiger charge is 2.40. The molecule has 1 aliphatic heterocycles. The Morgan fingerprint density at radius 2 is 1.89 bits per heavy atom. The van der Waals surface area contributed by atoms with Crippen molar-refractivity contribution < 1.29 is 13.6 Å². The number of rotatable bonds is 2. The summed E-state index contributed by atoms with van der Waals surface area (Å²) in [6.45, 7) is 0.957. The molecular weight excluding hydrogens is 248 g/mol. The number of nitrogens with zero attached hydrogens (tertiary/aromatic N) is 1. The van der Waals surface area contributed by atoms with Crippen LogP contribution >= 0.6 is 0 Å². The van der Waals surface area contributed by atoms with Crippen molar-refractivity contribution in [1.29, 1.82) is 0 Å². The van der Waals surface area contributed by atoms with E-state index in [0.29, 0.717) is 38.3 Å². The summed E-state index contributed by atoms with van der Waals surface area (Å²) < 4.78 is 24.9. The molecule has 2 bridgehead atoms. The van der Waals surface area contributed by atoms with Crippen molar-refractivity contribution in [3.63, 3.8) is 0 Å². The summed E-state index contributed by atoms with van der Waals surface area (Å²) in [4.78, 5) is 14.0. The Morgan fingerprint density at radius 1 is 1.16 bits per heavy atom. The van der Waals surface area contributed by atoms with Gasteiger partial charge in [-0.15, -0.1) is 0 Å². The maximum atomic E-state index is 12.5. The number of halogens is 2. The molecule has 4 heteroatoms. The predicted octanol–water partition coefficient (Wildman–Crippen LogP) is 3.59. The number of hydrogen-bond donors (Lipinski definition) is 0. The fraction of sp³-hybridized carbons (Fsp3) is 0.800. The normalized spacial score (nSPS) is 33.9. The van der Waals surface area contributed by atoms with Gasteiger partial charge in [0.2, 0.25) is 5.91 Å².